The van der Waals surface area contributed by atoms with Crippen molar-refractivity contribution < 1.29 is 4.42 Å². The van der Waals surface area contributed by atoms with Crippen molar-refractivity contribution in [2.75, 3.05) is 12.4 Å². The summed E-state index contributed by atoms with van der Waals surface area (Å²) in [6.07, 6.45) is 9.82. The molecule has 4 fully saturated rings. The SMILES string of the molecule is CCC(Nc1nnc(CNC)o1)C12CC3CC(CC(C3)C1)C2. The van der Waals surface area contributed by atoms with Crippen molar-refractivity contribution in [2.24, 2.45) is 23.2 Å². The molecule has 1 aromatic heterocycles. The monoisotopic (exact) mass is 304 g/mol. The number of rotatable bonds is 6. The zero-order valence-electron chi connectivity index (χ0n) is 13.8. The Morgan fingerprint density at radius 2 is 1.77 bits per heavy atom. The van der Waals surface area contributed by atoms with E-state index in [4.69, 9.17) is 4.42 Å². The van der Waals surface area contributed by atoms with Crippen LogP contribution in [0.25, 0.3) is 0 Å². The van der Waals surface area contributed by atoms with Crippen LogP contribution in [0.3, 0.4) is 0 Å². The molecule has 4 aliphatic rings. The Balaban J connectivity index is 1.51. The Bertz CT molecular complexity index is 491. The molecule has 0 spiro atoms. The van der Waals surface area contributed by atoms with E-state index in [-0.39, 0.29) is 0 Å². The van der Waals surface area contributed by atoms with Crippen LogP contribution in [0, 0.1) is 23.2 Å². The van der Waals surface area contributed by atoms with Crippen molar-refractivity contribution >= 4 is 6.01 Å². The standard InChI is InChI=1S/C17H28N4O/c1-3-14(19-16-21-20-15(22-16)10-18-2)17-7-11-4-12(8-17)6-13(5-11)9-17/h11-14,18H,3-10H2,1-2H3,(H,19,21). The first kappa shape index (κ1) is 14.5. The molecule has 2 N–H and O–H groups in total. The Morgan fingerprint density at radius 3 is 2.32 bits per heavy atom. The number of nitrogens with zero attached hydrogens (tertiary/aromatic N) is 2. The maximum absolute atomic E-state index is 5.72. The summed E-state index contributed by atoms with van der Waals surface area (Å²) < 4.78 is 5.72. The lowest BCUT2D eigenvalue weighted by Gasteiger charge is -2.59. The van der Waals surface area contributed by atoms with E-state index in [1.165, 1.54) is 38.5 Å². The topological polar surface area (TPSA) is 63.0 Å². The van der Waals surface area contributed by atoms with Crippen LogP contribution in [0.15, 0.2) is 4.42 Å². The first-order chi connectivity index (χ1) is 10.7. The summed E-state index contributed by atoms with van der Waals surface area (Å²) in [5.41, 5.74) is 0.473. The Hall–Kier alpha value is -1.10. The fourth-order valence-electron chi connectivity index (χ4n) is 5.98. The van der Waals surface area contributed by atoms with Crippen molar-refractivity contribution in [3.63, 3.8) is 0 Å². The van der Waals surface area contributed by atoms with Crippen molar-refractivity contribution in [3.05, 3.63) is 5.89 Å². The van der Waals surface area contributed by atoms with Gasteiger partial charge in [0.15, 0.2) is 0 Å². The molecular weight excluding hydrogens is 276 g/mol. The lowest BCUT2D eigenvalue weighted by atomic mass is 9.47. The van der Waals surface area contributed by atoms with Crippen LogP contribution in [0.4, 0.5) is 6.01 Å². The average Bonchev–Trinajstić information content (AvgIpc) is 2.91. The molecule has 0 radical (unpaired) electrons. The van der Waals surface area contributed by atoms with Gasteiger partial charge >= 0.3 is 6.01 Å². The summed E-state index contributed by atoms with van der Waals surface area (Å²) in [4.78, 5) is 0. The van der Waals surface area contributed by atoms with Gasteiger partial charge in [0.05, 0.1) is 6.54 Å². The minimum Gasteiger partial charge on any atom is -0.407 e. The fourth-order valence-corrected chi connectivity index (χ4v) is 5.98. The zero-order valence-corrected chi connectivity index (χ0v) is 13.8. The van der Waals surface area contributed by atoms with Crippen molar-refractivity contribution in [1.29, 1.82) is 0 Å². The van der Waals surface area contributed by atoms with Crippen LogP contribution in [0.5, 0.6) is 0 Å². The molecule has 0 amide bonds. The van der Waals surface area contributed by atoms with Crippen LogP contribution in [-0.2, 0) is 6.54 Å². The Kier molecular flexibility index (Phi) is 3.63. The summed E-state index contributed by atoms with van der Waals surface area (Å²) in [5.74, 6) is 3.59. The van der Waals surface area contributed by atoms with E-state index >= 15 is 0 Å². The second kappa shape index (κ2) is 5.52. The maximum Gasteiger partial charge on any atom is 0.315 e. The number of aromatic nitrogens is 2. The highest BCUT2D eigenvalue weighted by atomic mass is 16.4. The van der Waals surface area contributed by atoms with E-state index in [0.29, 0.717) is 29.9 Å². The quantitative estimate of drug-likeness (QED) is 0.845. The second-order valence-corrected chi connectivity index (χ2v) is 7.92. The summed E-state index contributed by atoms with van der Waals surface area (Å²) in [6, 6.07) is 1.08. The van der Waals surface area contributed by atoms with Gasteiger partial charge < -0.3 is 15.1 Å². The van der Waals surface area contributed by atoms with Gasteiger partial charge in [-0.25, -0.2) is 0 Å². The molecule has 5 nitrogen and oxygen atoms in total. The van der Waals surface area contributed by atoms with E-state index in [9.17, 15) is 0 Å². The van der Waals surface area contributed by atoms with Gasteiger partial charge in [0.25, 0.3) is 0 Å². The molecule has 5 heteroatoms. The second-order valence-electron chi connectivity index (χ2n) is 7.92. The van der Waals surface area contributed by atoms with E-state index in [0.717, 1.165) is 24.2 Å². The molecule has 1 unspecified atom stereocenters. The zero-order chi connectivity index (χ0) is 15.2. The molecule has 1 heterocycles. The number of nitrogens with one attached hydrogen (secondary N) is 2. The van der Waals surface area contributed by atoms with E-state index in [2.05, 4.69) is 27.8 Å². The molecule has 4 saturated carbocycles. The highest BCUT2D eigenvalue weighted by Gasteiger charge is 2.53. The lowest BCUT2D eigenvalue weighted by molar-refractivity contribution is -0.0639. The Labute approximate surface area is 132 Å². The normalized spacial score (nSPS) is 37.5. The van der Waals surface area contributed by atoms with Crippen LogP contribution >= 0.6 is 0 Å². The molecule has 0 saturated heterocycles. The summed E-state index contributed by atoms with van der Waals surface area (Å²) in [5, 5.41) is 14.9. The molecule has 4 aliphatic carbocycles. The smallest absolute Gasteiger partial charge is 0.315 e. The van der Waals surface area contributed by atoms with Crippen LogP contribution in [0.1, 0.15) is 57.8 Å². The molecule has 122 valence electrons. The van der Waals surface area contributed by atoms with Gasteiger partial charge in [-0.1, -0.05) is 12.0 Å². The molecule has 22 heavy (non-hydrogen) atoms. The molecule has 1 aromatic rings. The number of anilines is 1. The Morgan fingerprint density at radius 1 is 1.14 bits per heavy atom. The molecule has 1 atom stereocenters. The van der Waals surface area contributed by atoms with Gasteiger partial charge in [-0.3, -0.25) is 0 Å². The molecule has 0 aliphatic heterocycles. The van der Waals surface area contributed by atoms with Crippen molar-refractivity contribution in [3.8, 4) is 0 Å². The highest BCUT2D eigenvalue weighted by Crippen LogP contribution is 2.61. The predicted octanol–water partition coefficient (Wildman–Crippen LogP) is 3.20. The minimum atomic E-state index is 0.473. The van der Waals surface area contributed by atoms with Gasteiger partial charge in [-0.15, -0.1) is 5.10 Å². The molecule has 4 bridgehead atoms. The first-order valence-corrected chi connectivity index (χ1v) is 8.94. The van der Waals surface area contributed by atoms with Crippen LogP contribution in [0.2, 0.25) is 0 Å². The van der Waals surface area contributed by atoms with E-state index in [1.54, 1.807) is 0 Å². The third-order valence-electron chi connectivity index (χ3n) is 6.33. The summed E-state index contributed by atoms with van der Waals surface area (Å²) >= 11 is 0. The molecular formula is C17H28N4O. The van der Waals surface area contributed by atoms with Crippen LogP contribution in [-0.4, -0.2) is 23.3 Å². The molecule has 5 rings (SSSR count). The molecule has 0 aromatic carbocycles. The highest BCUT2D eigenvalue weighted by molar-refractivity contribution is 5.23. The first-order valence-electron chi connectivity index (χ1n) is 8.94. The van der Waals surface area contributed by atoms with Crippen LogP contribution < -0.4 is 10.6 Å². The number of hydrogen-bond acceptors (Lipinski definition) is 5. The maximum atomic E-state index is 5.72. The van der Waals surface area contributed by atoms with Gasteiger partial charge in [0, 0.05) is 6.04 Å². The third kappa shape index (κ3) is 2.43. The van der Waals surface area contributed by atoms with Crippen molar-refractivity contribution in [1.82, 2.24) is 15.5 Å². The largest absolute Gasteiger partial charge is 0.407 e. The predicted molar refractivity (Wildman–Crippen MR) is 85.4 cm³/mol. The average molecular weight is 304 g/mol. The van der Waals surface area contributed by atoms with Crippen molar-refractivity contribution in [2.45, 2.75) is 64.5 Å². The van der Waals surface area contributed by atoms with Gasteiger partial charge in [-0.2, -0.15) is 0 Å². The van der Waals surface area contributed by atoms with E-state index in [1.807, 2.05) is 7.05 Å². The minimum absolute atomic E-state index is 0.473. The number of hydrogen-bond donors (Lipinski definition) is 2. The lowest BCUT2D eigenvalue weighted by Crippen LogP contribution is -2.53. The summed E-state index contributed by atoms with van der Waals surface area (Å²) in [6.45, 7) is 2.92. The third-order valence-corrected chi connectivity index (χ3v) is 6.33. The van der Waals surface area contributed by atoms with E-state index < -0.39 is 0 Å². The van der Waals surface area contributed by atoms with Gasteiger partial charge in [0.2, 0.25) is 5.89 Å². The van der Waals surface area contributed by atoms with Gasteiger partial charge in [-0.05, 0) is 75.2 Å². The fraction of sp³-hybridized carbons (Fsp3) is 0.882. The summed E-state index contributed by atoms with van der Waals surface area (Å²) in [7, 11) is 1.89. The van der Waals surface area contributed by atoms with Gasteiger partial charge in [0.1, 0.15) is 0 Å².